The summed E-state index contributed by atoms with van der Waals surface area (Å²) in [5.74, 6) is 0.746. The molecule has 1 N–H and O–H groups in total. The van der Waals surface area contributed by atoms with Crippen LogP contribution in [0.3, 0.4) is 0 Å². The molecule has 1 atom stereocenters. The smallest absolute Gasteiger partial charge is 0.181 e. The molecule has 0 radical (unpaired) electrons. The summed E-state index contributed by atoms with van der Waals surface area (Å²) in [6, 6.07) is 8.22. The van der Waals surface area contributed by atoms with Crippen LogP contribution in [0.2, 0.25) is 0 Å². The number of hydrogen-bond donors (Lipinski definition) is 1. The van der Waals surface area contributed by atoms with E-state index in [0.29, 0.717) is 0 Å². The molecule has 0 amide bonds. The second-order valence-corrected chi connectivity index (χ2v) is 5.93. The molecule has 3 rings (SSSR count). The van der Waals surface area contributed by atoms with Gasteiger partial charge in [0, 0.05) is 23.7 Å². The minimum atomic E-state index is 0.155. The number of benzene rings is 1. The van der Waals surface area contributed by atoms with Gasteiger partial charge in [0.15, 0.2) is 5.82 Å². The van der Waals surface area contributed by atoms with E-state index >= 15 is 0 Å². The summed E-state index contributed by atoms with van der Waals surface area (Å²) in [7, 11) is 1.83. The van der Waals surface area contributed by atoms with Gasteiger partial charge in [-0.3, -0.25) is 0 Å². The van der Waals surface area contributed by atoms with Crippen molar-refractivity contribution in [2.75, 3.05) is 5.32 Å². The molecule has 6 nitrogen and oxygen atoms in total. The molecule has 0 aliphatic rings. The van der Waals surface area contributed by atoms with Crippen LogP contribution < -0.4 is 5.32 Å². The van der Waals surface area contributed by atoms with Crippen molar-refractivity contribution >= 4 is 17.0 Å². The number of hydrogen-bond acceptors (Lipinski definition) is 6. The fourth-order valence-electron chi connectivity index (χ4n) is 2.13. The highest BCUT2D eigenvalue weighted by atomic mass is 32.1. The first-order chi connectivity index (χ1) is 10.1. The quantitative estimate of drug-likeness (QED) is 0.802. The van der Waals surface area contributed by atoms with Gasteiger partial charge in [-0.25, -0.2) is 9.67 Å². The molecule has 0 spiro atoms. The first-order valence-electron chi connectivity index (χ1n) is 6.65. The fourth-order valence-corrected chi connectivity index (χ4v) is 2.83. The van der Waals surface area contributed by atoms with Gasteiger partial charge in [0.2, 0.25) is 0 Å². The number of tetrazole rings is 1. The maximum atomic E-state index is 4.51. The van der Waals surface area contributed by atoms with E-state index in [0.717, 1.165) is 27.8 Å². The predicted molar refractivity (Wildman–Crippen MR) is 83.1 cm³/mol. The Bertz CT molecular complexity index is 747. The van der Waals surface area contributed by atoms with Gasteiger partial charge in [-0.1, -0.05) is 12.1 Å². The molecule has 21 heavy (non-hydrogen) atoms. The minimum absolute atomic E-state index is 0.155. The SMILES string of the molecule is Cc1nc(C(C)Nc2cccc(-c3nnnn3C)c2)cs1. The molecule has 0 aliphatic carbocycles. The van der Waals surface area contributed by atoms with E-state index < -0.39 is 0 Å². The van der Waals surface area contributed by atoms with Crippen molar-refractivity contribution in [2.45, 2.75) is 19.9 Å². The van der Waals surface area contributed by atoms with Crippen LogP contribution in [0.15, 0.2) is 29.6 Å². The van der Waals surface area contributed by atoms with Gasteiger partial charge < -0.3 is 5.32 Å². The first kappa shape index (κ1) is 13.7. The topological polar surface area (TPSA) is 68.5 Å². The van der Waals surface area contributed by atoms with E-state index in [9.17, 15) is 0 Å². The zero-order valence-electron chi connectivity index (χ0n) is 12.1. The summed E-state index contributed by atoms with van der Waals surface area (Å²) in [5.41, 5.74) is 3.06. The van der Waals surface area contributed by atoms with Crippen molar-refractivity contribution in [1.82, 2.24) is 25.2 Å². The molecule has 0 fully saturated rings. The van der Waals surface area contributed by atoms with Crippen LogP contribution in [0.4, 0.5) is 5.69 Å². The van der Waals surface area contributed by atoms with Crippen LogP contribution in [-0.4, -0.2) is 25.2 Å². The molecule has 3 aromatic rings. The highest BCUT2D eigenvalue weighted by molar-refractivity contribution is 7.09. The lowest BCUT2D eigenvalue weighted by molar-refractivity contribution is 0.714. The van der Waals surface area contributed by atoms with E-state index in [1.165, 1.54) is 0 Å². The van der Waals surface area contributed by atoms with Gasteiger partial charge in [-0.05, 0) is 36.4 Å². The van der Waals surface area contributed by atoms with Crippen molar-refractivity contribution in [3.63, 3.8) is 0 Å². The summed E-state index contributed by atoms with van der Waals surface area (Å²) < 4.78 is 1.66. The van der Waals surface area contributed by atoms with Crippen LogP contribution in [0.25, 0.3) is 11.4 Å². The lowest BCUT2D eigenvalue weighted by Gasteiger charge is -2.13. The number of thiazole rings is 1. The summed E-state index contributed by atoms with van der Waals surface area (Å²) in [5, 5.41) is 18.2. The summed E-state index contributed by atoms with van der Waals surface area (Å²) >= 11 is 1.67. The second kappa shape index (κ2) is 5.61. The highest BCUT2D eigenvalue weighted by Crippen LogP contribution is 2.24. The second-order valence-electron chi connectivity index (χ2n) is 4.86. The zero-order chi connectivity index (χ0) is 14.8. The van der Waals surface area contributed by atoms with E-state index in [1.54, 1.807) is 16.0 Å². The standard InChI is InChI=1S/C14H16N6S/c1-9(13-8-21-10(2)16-13)15-12-6-4-5-11(7-12)14-17-18-19-20(14)3/h4-9,15H,1-3H3. The van der Waals surface area contributed by atoms with E-state index in [-0.39, 0.29) is 6.04 Å². The summed E-state index contributed by atoms with van der Waals surface area (Å²) in [6.07, 6.45) is 0. The van der Waals surface area contributed by atoms with Gasteiger partial charge in [0.1, 0.15) is 0 Å². The Morgan fingerprint density at radius 1 is 1.33 bits per heavy atom. The monoisotopic (exact) mass is 300 g/mol. The van der Waals surface area contributed by atoms with Crippen molar-refractivity contribution in [3.8, 4) is 11.4 Å². The van der Waals surface area contributed by atoms with Crippen molar-refractivity contribution in [3.05, 3.63) is 40.3 Å². The van der Waals surface area contributed by atoms with Crippen molar-refractivity contribution in [2.24, 2.45) is 7.05 Å². The molecular formula is C14H16N6S. The Morgan fingerprint density at radius 3 is 2.86 bits per heavy atom. The van der Waals surface area contributed by atoms with Gasteiger partial charge in [0.05, 0.1) is 16.7 Å². The van der Waals surface area contributed by atoms with Crippen molar-refractivity contribution in [1.29, 1.82) is 0 Å². The normalized spacial score (nSPS) is 12.3. The van der Waals surface area contributed by atoms with Crippen LogP contribution in [0, 0.1) is 6.92 Å². The third-order valence-electron chi connectivity index (χ3n) is 3.20. The van der Waals surface area contributed by atoms with E-state index in [4.69, 9.17) is 0 Å². The van der Waals surface area contributed by atoms with E-state index in [2.05, 4.69) is 38.1 Å². The van der Waals surface area contributed by atoms with Crippen LogP contribution >= 0.6 is 11.3 Å². The molecule has 108 valence electrons. The van der Waals surface area contributed by atoms with Gasteiger partial charge in [-0.15, -0.1) is 16.4 Å². The predicted octanol–water partition coefficient (Wildman–Crippen LogP) is 2.82. The highest BCUT2D eigenvalue weighted by Gasteiger charge is 2.10. The Hall–Kier alpha value is -2.28. The largest absolute Gasteiger partial charge is 0.377 e. The molecule has 0 saturated heterocycles. The number of aromatic nitrogens is 5. The maximum Gasteiger partial charge on any atom is 0.181 e. The Morgan fingerprint density at radius 2 is 2.19 bits per heavy atom. The number of nitrogens with zero attached hydrogens (tertiary/aromatic N) is 5. The Balaban J connectivity index is 1.82. The van der Waals surface area contributed by atoms with Gasteiger partial charge in [0.25, 0.3) is 0 Å². The fraction of sp³-hybridized carbons (Fsp3) is 0.286. The third-order valence-corrected chi connectivity index (χ3v) is 4.00. The van der Waals surface area contributed by atoms with Gasteiger partial charge >= 0.3 is 0 Å². The minimum Gasteiger partial charge on any atom is -0.377 e. The van der Waals surface area contributed by atoms with Gasteiger partial charge in [-0.2, -0.15) is 0 Å². The number of anilines is 1. The molecule has 0 saturated carbocycles. The van der Waals surface area contributed by atoms with Crippen LogP contribution in [0.5, 0.6) is 0 Å². The van der Waals surface area contributed by atoms with Crippen LogP contribution in [0.1, 0.15) is 23.7 Å². The number of rotatable bonds is 4. The lowest BCUT2D eigenvalue weighted by atomic mass is 10.1. The maximum absolute atomic E-state index is 4.51. The van der Waals surface area contributed by atoms with Crippen LogP contribution in [-0.2, 0) is 7.05 Å². The van der Waals surface area contributed by atoms with E-state index in [1.807, 2.05) is 38.2 Å². The molecule has 2 aromatic heterocycles. The molecule has 7 heteroatoms. The first-order valence-corrected chi connectivity index (χ1v) is 7.53. The lowest BCUT2D eigenvalue weighted by Crippen LogP contribution is -2.07. The number of aryl methyl sites for hydroxylation is 2. The molecule has 1 unspecified atom stereocenters. The average Bonchev–Trinajstić information content (AvgIpc) is 3.08. The molecule has 0 bridgehead atoms. The van der Waals surface area contributed by atoms with Crippen molar-refractivity contribution < 1.29 is 0 Å². The molecule has 2 heterocycles. The molecule has 1 aromatic carbocycles. The zero-order valence-corrected chi connectivity index (χ0v) is 12.9. The average molecular weight is 300 g/mol. The Labute approximate surface area is 126 Å². The summed E-state index contributed by atoms with van der Waals surface area (Å²) in [4.78, 5) is 4.51. The number of nitrogens with one attached hydrogen (secondary N) is 1. The molecule has 0 aliphatic heterocycles. The Kier molecular flexibility index (Phi) is 3.66. The summed E-state index contributed by atoms with van der Waals surface area (Å²) in [6.45, 7) is 4.12. The third kappa shape index (κ3) is 2.92. The molecular weight excluding hydrogens is 284 g/mol.